The van der Waals surface area contributed by atoms with Gasteiger partial charge in [-0.25, -0.2) is 0 Å². The van der Waals surface area contributed by atoms with Crippen LogP contribution >= 0.6 is 0 Å². The third kappa shape index (κ3) is 3.14. The van der Waals surface area contributed by atoms with Crippen LogP contribution in [0, 0.1) is 0 Å². The van der Waals surface area contributed by atoms with E-state index in [9.17, 15) is 8.78 Å². The number of benzene rings is 1. The summed E-state index contributed by atoms with van der Waals surface area (Å²) in [4.78, 5) is 0. The van der Waals surface area contributed by atoms with Gasteiger partial charge in [0, 0.05) is 5.56 Å². The zero-order valence-corrected chi connectivity index (χ0v) is 7.36. The van der Waals surface area contributed by atoms with Gasteiger partial charge in [-0.05, 0) is 6.07 Å². The second-order valence-corrected chi connectivity index (χ2v) is 2.50. The Morgan fingerprint density at radius 2 is 2.07 bits per heavy atom. The molecule has 0 unspecified atom stereocenters. The molecule has 1 N–H and O–H groups in total. The van der Waals surface area contributed by atoms with Crippen LogP contribution in [0.1, 0.15) is 5.56 Å². The van der Waals surface area contributed by atoms with E-state index in [1.54, 1.807) is 18.2 Å². The maximum atomic E-state index is 11.9. The highest BCUT2D eigenvalue weighted by Crippen LogP contribution is 2.21. The summed E-state index contributed by atoms with van der Waals surface area (Å²) in [7, 11) is 0. The van der Waals surface area contributed by atoms with E-state index < -0.39 is 6.61 Å². The third-order valence-electron chi connectivity index (χ3n) is 1.54. The van der Waals surface area contributed by atoms with Crippen molar-refractivity contribution in [2.75, 3.05) is 6.61 Å². The molecule has 0 aliphatic heterocycles. The van der Waals surface area contributed by atoms with E-state index in [2.05, 4.69) is 4.74 Å². The van der Waals surface area contributed by atoms with Crippen molar-refractivity contribution >= 4 is 6.08 Å². The highest BCUT2D eigenvalue weighted by molar-refractivity contribution is 5.57. The van der Waals surface area contributed by atoms with Crippen LogP contribution in [0.15, 0.2) is 30.3 Å². The normalized spacial score (nSPS) is 11.1. The van der Waals surface area contributed by atoms with Crippen molar-refractivity contribution < 1.29 is 18.6 Å². The number of aliphatic hydroxyl groups is 1. The molecule has 1 aromatic carbocycles. The van der Waals surface area contributed by atoms with E-state index in [1.165, 1.54) is 18.2 Å². The van der Waals surface area contributed by atoms with Crippen LogP contribution in [-0.4, -0.2) is 18.3 Å². The Labute approximate surface area is 80.4 Å². The summed E-state index contributed by atoms with van der Waals surface area (Å²) in [6.45, 7) is -2.97. The van der Waals surface area contributed by atoms with Crippen molar-refractivity contribution in [3.63, 3.8) is 0 Å². The smallest absolute Gasteiger partial charge is 0.387 e. The Hall–Kier alpha value is -1.42. The summed E-state index contributed by atoms with van der Waals surface area (Å²) in [6.07, 6.45) is 2.98. The second kappa shape index (κ2) is 5.34. The maximum absolute atomic E-state index is 11.9. The maximum Gasteiger partial charge on any atom is 0.387 e. The largest absolute Gasteiger partial charge is 0.434 e. The van der Waals surface area contributed by atoms with E-state index in [1.807, 2.05) is 0 Å². The predicted octanol–water partition coefficient (Wildman–Crippen LogP) is 2.29. The Kier molecular flexibility index (Phi) is 4.07. The number of hydrogen-bond acceptors (Lipinski definition) is 2. The molecule has 0 aromatic heterocycles. The molecular weight excluding hydrogens is 190 g/mol. The lowest BCUT2D eigenvalue weighted by Gasteiger charge is -2.06. The molecule has 14 heavy (non-hydrogen) atoms. The van der Waals surface area contributed by atoms with E-state index in [4.69, 9.17) is 5.11 Å². The number of rotatable bonds is 4. The minimum atomic E-state index is -2.83. The third-order valence-corrected chi connectivity index (χ3v) is 1.54. The fraction of sp³-hybridized carbons (Fsp3) is 0.200. The molecule has 0 bridgehead atoms. The molecule has 0 saturated heterocycles. The Morgan fingerprint density at radius 1 is 1.36 bits per heavy atom. The summed E-state index contributed by atoms with van der Waals surface area (Å²) in [5.74, 6) is 0.104. The van der Waals surface area contributed by atoms with Gasteiger partial charge in [0.15, 0.2) is 0 Å². The highest BCUT2D eigenvalue weighted by Gasteiger charge is 2.06. The van der Waals surface area contributed by atoms with E-state index in [0.29, 0.717) is 5.56 Å². The molecule has 0 aliphatic carbocycles. The van der Waals surface area contributed by atoms with Crippen molar-refractivity contribution in [2.24, 2.45) is 0 Å². The lowest BCUT2D eigenvalue weighted by molar-refractivity contribution is -0.0499. The summed E-state index contributed by atoms with van der Waals surface area (Å²) in [5.41, 5.74) is 0.516. The molecule has 4 heteroatoms. The van der Waals surface area contributed by atoms with Crippen LogP contribution in [0.3, 0.4) is 0 Å². The van der Waals surface area contributed by atoms with Crippen molar-refractivity contribution in [1.82, 2.24) is 0 Å². The first-order chi connectivity index (χ1) is 6.74. The molecule has 1 rings (SSSR count). The Morgan fingerprint density at radius 3 is 2.71 bits per heavy atom. The van der Waals surface area contributed by atoms with Gasteiger partial charge in [0.05, 0.1) is 6.61 Å². The molecule has 0 radical (unpaired) electrons. The first-order valence-corrected chi connectivity index (χ1v) is 4.05. The lowest BCUT2D eigenvalue weighted by Crippen LogP contribution is -2.02. The van der Waals surface area contributed by atoms with Gasteiger partial charge < -0.3 is 9.84 Å². The van der Waals surface area contributed by atoms with Gasteiger partial charge in [0.25, 0.3) is 0 Å². The van der Waals surface area contributed by atoms with Gasteiger partial charge in [-0.15, -0.1) is 0 Å². The van der Waals surface area contributed by atoms with Crippen LogP contribution in [0.25, 0.3) is 6.08 Å². The fourth-order valence-corrected chi connectivity index (χ4v) is 1.00. The topological polar surface area (TPSA) is 29.5 Å². The minimum absolute atomic E-state index is 0.104. The SMILES string of the molecule is OC/C=C/c1ccccc1OC(F)F. The molecule has 0 amide bonds. The van der Waals surface area contributed by atoms with Crippen LogP contribution in [0.5, 0.6) is 5.75 Å². The Balaban J connectivity index is 2.85. The van der Waals surface area contributed by atoms with Crippen LogP contribution in [0.2, 0.25) is 0 Å². The van der Waals surface area contributed by atoms with Crippen molar-refractivity contribution in [2.45, 2.75) is 6.61 Å². The Bertz CT molecular complexity index is 311. The van der Waals surface area contributed by atoms with E-state index in [0.717, 1.165) is 0 Å². The molecular formula is C10H10F2O2. The first kappa shape index (κ1) is 10.7. The standard InChI is InChI=1S/C10H10F2O2/c11-10(12)14-9-6-2-1-4-8(9)5-3-7-13/h1-6,10,13H,7H2/b5-3+. The summed E-state index contributed by atoms with van der Waals surface area (Å²) < 4.78 is 28.1. The average molecular weight is 200 g/mol. The minimum Gasteiger partial charge on any atom is -0.434 e. The number of halogens is 2. The quantitative estimate of drug-likeness (QED) is 0.808. The number of alkyl halides is 2. The molecule has 0 saturated carbocycles. The molecule has 0 spiro atoms. The van der Waals surface area contributed by atoms with E-state index in [-0.39, 0.29) is 12.4 Å². The lowest BCUT2D eigenvalue weighted by atomic mass is 10.2. The van der Waals surface area contributed by atoms with Gasteiger partial charge >= 0.3 is 6.61 Å². The molecule has 0 aliphatic rings. The monoisotopic (exact) mass is 200 g/mol. The molecule has 1 aromatic rings. The first-order valence-electron chi connectivity index (χ1n) is 4.05. The number of hydrogen-bond donors (Lipinski definition) is 1. The predicted molar refractivity (Wildman–Crippen MR) is 49.2 cm³/mol. The molecule has 2 nitrogen and oxygen atoms in total. The zero-order chi connectivity index (χ0) is 10.4. The second-order valence-electron chi connectivity index (χ2n) is 2.50. The molecule has 76 valence electrons. The van der Waals surface area contributed by atoms with Gasteiger partial charge in [-0.1, -0.05) is 30.4 Å². The van der Waals surface area contributed by atoms with E-state index >= 15 is 0 Å². The van der Waals surface area contributed by atoms with Gasteiger partial charge in [0.1, 0.15) is 5.75 Å². The van der Waals surface area contributed by atoms with Crippen molar-refractivity contribution in [1.29, 1.82) is 0 Å². The zero-order valence-electron chi connectivity index (χ0n) is 7.36. The van der Waals surface area contributed by atoms with Crippen molar-refractivity contribution in [3.05, 3.63) is 35.9 Å². The van der Waals surface area contributed by atoms with Crippen molar-refractivity contribution in [3.8, 4) is 5.75 Å². The van der Waals surface area contributed by atoms with Crippen LogP contribution in [0.4, 0.5) is 8.78 Å². The van der Waals surface area contributed by atoms with Gasteiger partial charge in [-0.2, -0.15) is 8.78 Å². The number of ether oxygens (including phenoxy) is 1. The van der Waals surface area contributed by atoms with Crippen LogP contribution in [-0.2, 0) is 0 Å². The number of para-hydroxylation sites is 1. The summed E-state index contributed by atoms with van der Waals surface area (Å²) >= 11 is 0. The van der Waals surface area contributed by atoms with Crippen LogP contribution < -0.4 is 4.74 Å². The summed E-state index contributed by atoms with van der Waals surface area (Å²) in [5, 5.41) is 8.52. The highest BCUT2D eigenvalue weighted by atomic mass is 19.3. The summed E-state index contributed by atoms with van der Waals surface area (Å²) in [6, 6.07) is 6.39. The molecule has 0 fully saturated rings. The molecule has 0 heterocycles. The fourth-order valence-electron chi connectivity index (χ4n) is 1.00. The van der Waals surface area contributed by atoms with Gasteiger partial charge in [-0.3, -0.25) is 0 Å². The van der Waals surface area contributed by atoms with Gasteiger partial charge in [0.2, 0.25) is 0 Å². The molecule has 0 atom stereocenters. The average Bonchev–Trinajstić information content (AvgIpc) is 2.16. The number of aliphatic hydroxyl groups excluding tert-OH is 1.